The van der Waals surface area contributed by atoms with Gasteiger partial charge in [-0.25, -0.2) is 0 Å². The van der Waals surface area contributed by atoms with E-state index in [1.165, 1.54) is 0 Å². The lowest BCUT2D eigenvalue weighted by Gasteiger charge is -2.30. The summed E-state index contributed by atoms with van der Waals surface area (Å²) in [6.07, 6.45) is -5.26. The van der Waals surface area contributed by atoms with Crippen LogP contribution < -0.4 is 0 Å². The second kappa shape index (κ2) is 4.67. The maximum absolute atomic E-state index is 10.8. The van der Waals surface area contributed by atoms with Crippen molar-refractivity contribution < 1.29 is 39.5 Å². The monoisotopic (exact) mass is 258 g/mol. The fourth-order valence-electron chi connectivity index (χ4n) is 1.76. The predicted octanol–water partition coefficient (Wildman–Crippen LogP) is -2.99. The SMILES string of the molecule is O=P(O)(O)C[C@]1(CO)O[C@H](CO)[C@@H](O)[C@@H]1O. The van der Waals surface area contributed by atoms with Crippen molar-refractivity contribution in [1.29, 1.82) is 0 Å². The molecule has 6 N–H and O–H groups in total. The van der Waals surface area contributed by atoms with Crippen molar-refractivity contribution in [2.24, 2.45) is 0 Å². The lowest BCUT2D eigenvalue weighted by atomic mass is 9.97. The molecule has 1 aliphatic heterocycles. The van der Waals surface area contributed by atoms with Gasteiger partial charge in [0.2, 0.25) is 0 Å². The summed E-state index contributed by atoms with van der Waals surface area (Å²) in [4.78, 5) is 17.6. The summed E-state index contributed by atoms with van der Waals surface area (Å²) in [5, 5.41) is 36.9. The maximum atomic E-state index is 10.8. The molecule has 8 nitrogen and oxygen atoms in total. The summed E-state index contributed by atoms with van der Waals surface area (Å²) in [5.41, 5.74) is -1.94. The first kappa shape index (κ1) is 14.0. The van der Waals surface area contributed by atoms with Crippen LogP contribution in [0.3, 0.4) is 0 Å². The Bertz CT molecular complexity index is 290. The number of rotatable bonds is 4. The highest BCUT2D eigenvalue weighted by atomic mass is 31.2. The van der Waals surface area contributed by atoms with E-state index in [1.54, 1.807) is 0 Å². The molecule has 1 rings (SSSR count). The first-order chi connectivity index (χ1) is 7.25. The van der Waals surface area contributed by atoms with E-state index >= 15 is 0 Å². The molecule has 0 aromatic carbocycles. The third kappa shape index (κ3) is 2.61. The van der Waals surface area contributed by atoms with Gasteiger partial charge < -0.3 is 34.9 Å². The normalized spacial score (nSPS) is 40.2. The summed E-state index contributed by atoms with van der Waals surface area (Å²) in [7, 11) is -4.54. The summed E-state index contributed by atoms with van der Waals surface area (Å²) in [6, 6.07) is 0. The van der Waals surface area contributed by atoms with Gasteiger partial charge in [-0.3, -0.25) is 4.57 Å². The van der Waals surface area contributed by atoms with E-state index in [-0.39, 0.29) is 0 Å². The lowest BCUT2D eigenvalue weighted by Crippen LogP contribution is -2.49. The standard InChI is InChI=1S/C7H15O8P/c8-1-4-5(10)6(11)7(2-9,15-4)3-16(12,13)14/h4-6,8-11H,1-3H2,(H2,12,13,14)/t4-,5-,6+,7+/m1/s1. The van der Waals surface area contributed by atoms with Gasteiger partial charge >= 0.3 is 7.60 Å². The van der Waals surface area contributed by atoms with Gasteiger partial charge in [-0.2, -0.15) is 0 Å². The van der Waals surface area contributed by atoms with Crippen molar-refractivity contribution in [3.05, 3.63) is 0 Å². The van der Waals surface area contributed by atoms with Crippen LogP contribution in [0.1, 0.15) is 0 Å². The highest BCUT2D eigenvalue weighted by Crippen LogP contribution is 2.44. The van der Waals surface area contributed by atoms with Gasteiger partial charge in [0.25, 0.3) is 0 Å². The quantitative estimate of drug-likeness (QED) is 0.292. The van der Waals surface area contributed by atoms with Gasteiger partial charge in [0.05, 0.1) is 19.4 Å². The number of hydrogen-bond acceptors (Lipinski definition) is 6. The minimum absolute atomic E-state index is 0.624. The summed E-state index contributed by atoms with van der Waals surface area (Å²) in [5.74, 6) is 0. The smallest absolute Gasteiger partial charge is 0.328 e. The highest BCUT2D eigenvalue weighted by Gasteiger charge is 2.56. The molecule has 1 saturated heterocycles. The van der Waals surface area contributed by atoms with Crippen molar-refractivity contribution in [2.45, 2.75) is 23.9 Å². The van der Waals surface area contributed by atoms with Gasteiger partial charge in [-0.1, -0.05) is 0 Å². The molecule has 16 heavy (non-hydrogen) atoms. The molecular weight excluding hydrogens is 243 g/mol. The van der Waals surface area contributed by atoms with E-state index in [0.29, 0.717) is 0 Å². The molecule has 0 aromatic rings. The molecule has 1 fully saturated rings. The minimum atomic E-state index is -4.54. The fraction of sp³-hybridized carbons (Fsp3) is 1.00. The van der Waals surface area contributed by atoms with Crippen molar-refractivity contribution in [3.63, 3.8) is 0 Å². The molecule has 0 bridgehead atoms. The van der Waals surface area contributed by atoms with Crippen molar-refractivity contribution in [2.75, 3.05) is 19.4 Å². The van der Waals surface area contributed by atoms with Crippen LogP contribution in [0.5, 0.6) is 0 Å². The Morgan fingerprint density at radius 1 is 1.25 bits per heavy atom. The van der Waals surface area contributed by atoms with Crippen LogP contribution in [0, 0.1) is 0 Å². The van der Waals surface area contributed by atoms with Gasteiger partial charge in [-0.15, -0.1) is 0 Å². The largest absolute Gasteiger partial charge is 0.394 e. The molecule has 0 spiro atoms. The topological polar surface area (TPSA) is 148 Å². The molecule has 1 heterocycles. The molecule has 0 aromatic heterocycles. The molecule has 0 amide bonds. The van der Waals surface area contributed by atoms with E-state index in [4.69, 9.17) is 24.7 Å². The van der Waals surface area contributed by atoms with Gasteiger partial charge in [0, 0.05) is 0 Å². The average Bonchev–Trinajstić information content (AvgIpc) is 2.41. The fourth-order valence-corrected chi connectivity index (χ4v) is 2.82. The van der Waals surface area contributed by atoms with Gasteiger partial charge in [-0.05, 0) is 0 Å². The van der Waals surface area contributed by atoms with E-state index in [2.05, 4.69) is 0 Å². The van der Waals surface area contributed by atoms with E-state index in [0.717, 1.165) is 0 Å². The third-order valence-corrected chi connectivity index (χ3v) is 3.50. The Balaban J connectivity index is 2.93. The van der Waals surface area contributed by atoms with Crippen LogP contribution >= 0.6 is 7.60 Å². The molecule has 9 heteroatoms. The zero-order valence-corrected chi connectivity index (χ0v) is 9.19. The molecule has 96 valence electrons. The predicted molar refractivity (Wildman–Crippen MR) is 50.7 cm³/mol. The summed E-state index contributed by atoms with van der Waals surface area (Å²) in [6.45, 7) is -1.49. The molecule has 0 radical (unpaired) electrons. The zero-order valence-electron chi connectivity index (χ0n) is 8.30. The molecule has 4 atom stereocenters. The molecule has 0 saturated carbocycles. The number of aliphatic hydroxyl groups excluding tert-OH is 4. The lowest BCUT2D eigenvalue weighted by molar-refractivity contribution is -0.106. The first-order valence-electron chi connectivity index (χ1n) is 4.56. The molecule has 0 aliphatic carbocycles. The zero-order chi connectivity index (χ0) is 12.6. The summed E-state index contributed by atoms with van der Waals surface area (Å²) < 4.78 is 15.8. The number of hydrogen-bond donors (Lipinski definition) is 6. The van der Waals surface area contributed by atoms with E-state index in [1.807, 2.05) is 0 Å². The summed E-state index contributed by atoms with van der Waals surface area (Å²) >= 11 is 0. The van der Waals surface area contributed by atoms with Crippen molar-refractivity contribution in [1.82, 2.24) is 0 Å². The van der Waals surface area contributed by atoms with Gasteiger partial charge in [0.15, 0.2) is 0 Å². The number of aliphatic hydroxyl groups is 4. The maximum Gasteiger partial charge on any atom is 0.328 e. The van der Waals surface area contributed by atoms with E-state index < -0.39 is 50.9 Å². The molecule has 1 aliphatic rings. The Kier molecular flexibility index (Phi) is 4.09. The Hall–Kier alpha value is -0.0500. The van der Waals surface area contributed by atoms with Gasteiger partial charge in [0.1, 0.15) is 23.9 Å². The van der Waals surface area contributed by atoms with Crippen LogP contribution in [0.25, 0.3) is 0 Å². The Labute approximate surface area is 91.3 Å². The molecule has 0 unspecified atom stereocenters. The average molecular weight is 258 g/mol. The second-order valence-electron chi connectivity index (χ2n) is 3.82. The van der Waals surface area contributed by atoms with Crippen molar-refractivity contribution in [3.8, 4) is 0 Å². The van der Waals surface area contributed by atoms with Crippen LogP contribution in [-0.4, -0.2) is 73.5 Å². The first-order valence-corrected chi connectivity index (χ1v) is 6.36. The van der Waals surface area contributed by atoms with Crippen LogP contribution in [-0.2, 0) is 9.30 Å². The van der Waals surface area contributed by atoms with Crippen molar-refractivity contribution >= 4 is 7.60 Å². The minimum Gasteiger partial charge on any atom is -0.394 e. The Morgan fingerprint density at radius 2 is 1.81 bits per heavy atom. The third-order valence-electron chi connectivity index (χ3n) is 2.55. The van der Waals surface area contributed by atoms with Crippen LogP contribution in [0.15, 0.2) is 0 Å². The number of ether oxygens (including phenoxy) is 1. The van der Waals surface area contributed by atoms with Crippen LogP contribution in [0.4, 0.5) is 0 Å². The van der Waals surface area contributed by atoms with E-state index in [9.17, 15) is 14.8 Å². The second-order valence-corrected chi connectivity index (χ2v) is 5.47. The molecular formula is C7H15O8P. The highest BCUT2D eigenvalue weighted by molar-refractivity contribution is 7.51. The Morgan fingerprint density at radius 3 is 2.12 bits per heavy atom. The van der Waals surface area contributed by atoms with Crippen LogP contribution in [0.2, 0.25) is 0 Å².